The number of hydrogen-bond acceptors (Lipinski definition) is 4. The maximum absolute atomic E-state index is 4.24. The van der Waals surface area contributed by atoms with Gasteiger partial charge in [-0.15, -0.1) is 16.9 Å². The van der Waals surface area contributed by atoms with Crippen LogP contribution >= 0.6 is 11.3 Å². The molecule has 3 aromatic heterocycles. The molecule has 0 aliphatic heterocycles. The molecule has 3 aromatic rings. The summed E-state index contributed by atoms with van der Waals surface area (Å²) in [6.07, 6.45) is 6.66. The van der Waals surface area contributed by atoms with Crippen molar-refractivity contribution in [2.75, 3.05) is 0 Å². The number of pyridine rings is 2. The normalized spacial score (nSPS) is 8.43. The maximum atomic E-state index is 4.24. The van der Waals surface area contributed by atoms with E-state index in [4.69, 9.17) is 0 Å². The third-order valence-corrected chi connectivity index (χ3v) is 2.84. The summed E-state index contributed by atoms with van der Waals surface area (Å²) in [6.45, 7) is 1.97. The summed E-state index contributed by atoms with van der Waals surface area (Å²) in [6, 6.07) is 11.1. The molecule has 0 atom stereocenters. The molecule has 3 heterocycles. The largest absolute Gasteiger partial charge is 2.00 e. The van der Waals surface area contributed by atoms with Gasteiger partial charge in [0.25, 0.3) is 0 Å². The Balaban J connectivity index is 0.000000267. The van der Waals surface area contributed by atoms with Crippen LogP contribution < -0.4 is 0 Å². The average molecular weight is 515 g/mol. The van der Waals surface area contributed by atoms with E-state index >= 15 is 0 Å². The molecule has 100 valence electrons. The number of aromatic nitrogens is 3. The zero-order valence-electron chi connectivity index (χ0n) is 11.4. The number of thiazole rings is 1. The van der Waals surface area contributed by atoms with E-state index in [2.05, 4.69) is 38.9 Å². The van der Waals surface area contributed by atoms with Crippen LogP contribution in [0.4, 0.5) is 0 Å². The zero-order valence-corrected chi connectivity index (χ0v) is 16.3. The van der Waals surface area contributed by atoms with Gasteiger partial charge in [-0.3, -0.25) is 0 Å². The van der Waals surface area contributed by atoms with Crippen LogP contribution in [-0.4, -0.2) is 15.0 Å². The Morgan fingerprint density at radius 3 is 2.48 bits per heavy atom. The van der Waals surface area contributed by atoms with Gasteiger partial charge in [0, 0.05) is 5.38 Å². The Hall–Kier alpha value is -1.46. The standard InChI is InChI=1S/C11H7N2S.C5H4N.U/c1-9-13-11(8-14-9)5-4-10-3-2-6-12-7-10;1-2-4-6-5-3-1;/h3,6-8H,1H3;1-2,4-5H;/q2*-1;+2. The number of nitrogens with zero attached hydrogens (tertiary/aromatic N) is 3. The van der Waals surface area contributed by atoms with Gasteiger partial charge in [-0.05, 0) is 13.1 Å². The van der Waals surface area contributed by atoms with Gasteiger partial charge < -0.3 is 9.97 Å². The molecule has 0 spiro atoms. The Morgan fingerprint density at radius 2 is 2.00 bits per heavy atom. The third kappa shape index (κ3) is 7.20. The second-order valence-electron chi connectivity index (χ2n) is 3.63. The van der Waals surface area contributed by atoms with Crippen LogP contribution in [-0.2, 0) is 0 Å². The molecule has 0 N–H and O–H groups in total. The molecule has 0 saturated heterocycles. The summed E-state index contributed by atoms with van der Waals surface area (Å²) >= 11 is 1.60. The summed E-state index contributed by atoms with van der Waals surface area (Å²) < 4.78 is 0. The molecule has 0 aromatic carbocycles. The van der Waals surface area contributed by atoms with Crippen LogP contribution in [0.5, 0.6) is 0 Å². The summed E-state index contributed by atoms with van der Waals surface area (Å²) in [4.78, 5) is 11.9. The van der Waals surface area contributed by atoms with Crippen LogP contribution in [0, 0.1) is 62.0 Å². The fourth-order valence-electron chi connectivity index (χ4n) is 1.23. The van der Waals surface area contributed by atoms with Crippen LogP contribution in [0.15, 0.2) is 48.4 Å². The van der Waals surface area contributed by atoms with E-state index in [9.17, 15) is 0 Å². The van der Waals surface area contributed by atoms with Crippen molar-refractivity contribution in [3.05, 3.63) is 76.8 Å². The van der Waals surface area contributed by atoms with Crippen LogP contribution in [0.2, 0.25) is 0 Å². The van der Waals surface area contributed by atoms with E-state index in [0.717, 1.165) is 16.3 Å². The molecule has 0 unspecified atom stereocenters. The summed E-state index contributed by atoms with van der Waals surface area (Å²) in [5.41, 5.74) is 1.68. The van der Waals surface area contributed by atoms with Gasteiger partial charge in [0.05, 0.1) is 5.01 Å². The third-order valence-electron chi connectivity index (χ3n) is 2.07. The predicted molar refractivity (Wildman–Crippen MR) is 79.0 cm³/mol. The van der Waals surface area contributed by atoms with E-state index in [1.54, 1.807) is 42.2 Å². The molecule has 0 aliphatic rings. The Kier molecular flexibility index (Phi) is 8.62. The predicted octanol–water partition coefficient (Wildman–Crippen LogP) is 2.93. The first-order valence-corrected chi connectivity index (χ1v) is 6.74. The summed E-state index contributed by atoms with van der Waals surface area (Å²) in [5.74, 6) is 5.95. The first-order valence-electron chi connectivity index (χ1n) is 5.86. The zero-order chi connectivity index (χ0) is 14.0. The summed E-state index contributed by atoms with van der Waals surface area (Å²) in [7, 11) is 0. The van der Waals surface area contributed by atoms with E-state index < -0.39 is 0 Å². The second kappa shape index (κ2) is 10.3. The minimum absolute atomic E-state index is 0. The van der Waals surface area contributed by atoms with Crippen LogP contribution in [0.25, 0.3) is 0 Å². The second-order valence-corrected chi connectivity index (χ2v) is 4.69. The van der Waals surface area contributed by atoms with Gasteiger partial charge in [-0.1, -0.05) is 24.5 Å². The molecular formula is C16H11N3SU. The Bertz CT molecular complexity index is 661. The van der Waals surface area contributed by atoms with Gasteiger partial charge in [0.2, 0.25) is 0 Å². The van der Waals surface area contributed by atoms with E-state index in [0.29, 0.717) is 0 Å². The molecule has 0 amide bonds. The molecule has 0 bridgehead atoms. The smallest absolute Gasteiger partial charge is 0.304 e. The van der Waals surface area contributed by atoms with Crippen molar-refractivity contribution in [3.63, 3.8) is 0 Å². The number of aryl methyl sites for hydroxylation is 1. The van der Waals surface area contributed by atoms with Crippen molar-refractivity contribution in [3.8, 4) is 11.8 Å². The van der Waals surface area contributed by atoms with E-state index in [1.807, 2.05) is 24.4 Å². The topological polar surface area (TPSA) is 38.7 Å². The number of rotatable bonds is 0. The van der Waals surface area contributed by atoms with Crippen molar-refractivity contribution in [2.45, 2.75) is 6.92 Å². The van der Waals surface area contributed by atoms with Crippen molar-refractivity contribution in [1.29, 1.82) is 0 Å². The van der Waals surface area contributed by atoms with E-state index in [1.165, 1.54) is 0 Å². The van der Waals surface area contributed by atoms with Crippen molar-refractivity contribution in [2.24, 2.45) is 0 Å². The molecule has 0 fully saturated rings. The molecule has 0 saturated carbocycles. The van der Waals surface area contributed by atoms with E-state index in [-0.39, 0.29) is 31.1 Å². The molecule has 5 heteroatoms. The first-order chi connectivity index (χ1) is 9.84. The quantitative estimate of drug-likeness (QED) is 0.342. The Morgan fingerprint density at radius 1 is 1.14 bits per heavy atom. The maximum Gasteiger partial charge on any atom is 2.00 e. The molecule has 3 rings (SSSR count). The average Bonchev–Trinajstić information content (AvgIpc) is 2.94. The van der Waals surface area contributed by atoms with Crippen molar-refractivity contribution < 1.29 is 31.1 Å². The Labute approximate surface area is 152 Å². The van der Waals surface area contributed by atoms with Gasteiger partial charge in [0.15, 0.2) is 0 Å². The fourth-order valence-corrected chi connectivity index (χ4v) is 1.77. The summed E-state index contributed by atoms with van der Waals surface area (Å²) in [5, 5.41) is 2.98. The monoisotopic (exact) mass is 515 g/mol. The van der Waals surface area contributed by atoms with Crippen molar-refractivity contribution >= 4 is 11.3 Å². The molecule has 0 radical (unpaired) electrons. The molecule has 0 aliphatic carbocycles. The minimum atomic E-state index is 0. The number of hydrogen-bond donors (Lipinski definition) is 0. The first kappa shape index (κ1) is 17.6. The fraction of sp³-hybridized carbons (Fsp3) is 0.0625. The SMILES string of the molecule is Cc1nc(C#Cc2c[c-]cnc2)cs1.[U+2].[c-]1cccnc1. The molecular weight excluding hydrogens is 504 g/mol. The molecule has 3 nitrogen and oxygen atoms in total. The van der Waals surface area contributed by atoms with Crippen LogP contribution in [0.3, 0.4) is 0 Å². The van der Waals surface area contributed by atoms with Gasteiger partial charge in [-0.25, -0.2) is 29.2 Å². The van der Waals surface area contributed by atoms with Gasteiger partial charge in [-0.2, -0.15) is 12.0 Å². The minimum Gasteiger partial charge on any atom is -0.304 e. The van der Waals surface area contributed by atoms with Gasteiger partial charge in [0.1, 0.15) is 5.69 Å². The molecule has 21 heavy (non-hydrogen) atoms. The van der Waals surface area contributed by atoms with Crippen molar-refractivity contribution in [1.82, 2.24) is 15.0 Å². The van der Waals surface area contributed by atoms with Gasteiger partial charge >= 0.3 is 31.1 Å². The van der Waals surface area contributed by atoms with Crippen LogP contribution in [0.1, 0.15) is 16.3 Å².